The van der Waals surface area contributed by atoms with Gasteiger partial charge in [0.15, 0.2) is 5.69 Å². The SMILES string of the molecule is CON(C)C(=O)c1n[nH]c2c1CN(C(=O)c1cc3ccccc3[nH]1)CC2. The van der Waals surface area contributed by atoms with Gasteiger partial charge in [0.25, 0.3) is 11.8 Å². The number of aromatic amines is 2. The van der Waals surface area contributed by atoms with Crippen molar-refractivity contribution >= 4 is 22.7 Å². The summed E-state index contributed by atoms with van der Waals surface area (Å²) >= 11 is 0. The number of rotatable bonds is 3. The summed E-state index contributed by atoms with van der Waals surface area (Å²) in [5, 5.41) is 9.15. The molecule has 0 aliphatic carbocycles. The number of aromatic nitrogens is 3. The largest absolute Gasteiger partial charge is 0.351 e. The Morgan fingerprint density at radius 2 is 2.12 bits per heavy atom. The normalized spacial score (nSPS) is 13.7. The van der Waals surface area contributed by atoms with Gasteiger partial charge in [-0.05, 0) is 12.1 Å². The van der Waals surface area contributed by atoms with Crippen LogP contribution in [-0.2, 0) is 17.8 Å². The molecule has 0 saturated carbocycles. The number of hydrogen-bond acceptors (Lipinski definition) is 4. The van der Waals surface area contributed by atoms with E-state index >= 15 is 0 Å². The second-order valence-electron chi connectivity index (χ2n) is 6.26. The summed E-state index contributed by atoms with van der Waals surface area (Å²) in [6.45, 7) is 0.899. The van der Waals surface area contributed by atoms with Crippen molar-refractivity contribution in [1.29, 1.82) is 0 Å². The van der Waals surface area contributed by atoms with Crippen molar-refractivity contribution in [3.8, 4) is 0 Å². The lowest BCUT2D eigenvalue weighted by molar-refractivity contribution is -0.0761. The van der Waals surface area contributed by atoms with Crippen LogP contribution in [0.1, 0.15) is 32.2 Å². The molecule has 0 saturated heterocycles. The fourth-order valence-electron chi connectivity index (χ4n) is 3.24. The molecule has 2 aromatic heterocycles. The Labute approximate surface area is 149 Å². The molecule has 0 unspecified atom stereocenters. The third-order valence-corrected chi connectivity index (χ3v) is 4.74. The molecule has 26 heavy (non-hydrogen) atoms. The summed E-state index contributed by atoms with van der Waals surface area (Å²) in [6, 6.07) is 9.62. The molecule has 8 heteroatoms. The fraction of sp³-hybridized carbons (Fsp3) is 0.278. The van der Waals surface area contributed by atoms with E-state index in [4.69, 9.17) is 4.84 Å². The number of nitrogens with one attached hydrogen (secondary N) is 2. The minimum atomic E-state index is -0.343. The maximum atomic E-state index is 12.9. The molecule has 0 spiro atoms. The van der Waals surface area contributed by atoms with Gasteiger partial charge < -0.3 is 9.88 Å². The summed E-state index contributed by atoms with van der Waals surface area (Å²) < 4.78 is 0. The third kappa shape index (κ3) is 2.64. The van der Waals surface area contributed by atoms with E-state index < -0.39 is 0 Å². The molecule has 3 aromatic rings. The number of benzene rings is 1. The lowest BCUT2D eigenvalue weighted by atomic mass is 10.0. The van der Waals surface area contributed by atoms with E-state index in [-0.39, 0.29) is 11.8 Å². The van der Waals surface area contributed by atoms with E-state index in [1.54, 1.807) is 4.90 Å². The van der Waals surface area contributed by atoms with Crippen molar-refractivity contribution in [2.24, 2.45) is 0 Å². The predicted molar refractivity (Wildman–Crippen MR) is 94.4 cm³/mol. The summed E-state index contributed by atoms with van der Waals surface area (Å²) in [7, 11) is 2.95. The number of H-pyrrole nitrogens is 2. The van der Waals surface area contributed by atoms with E-state index in [9.17, 15) is 9.59 Å². The van der Waals surface area contributed by atoms with Gasteiger partial charge in [-0.25, -0.2) is 5.06 Å². The third-order valence-electron chi connectivity index (χ3n) is 4.74. The van der Waals surface area contributed by atoms with Crippen LogP contribution in [0.15, 0.2) is 30.3 Å². The van der Waals surface area contributed by atoms with E-state index in [0.29, 0.717) is 30.9 Å². The van der Waals surface area contributed by atoms with Crippen molar-refractivity contribution < 1.29 is 14.4 Å². The molecule has 0 bridgehead atoms. The topological polar surface area (TPSA) is 94.3 Å². The number of hydrogen-bond donors (Lipinski definition) is 2. The van der Waals surface area contributed by atoms with Gasteiger partial charge in [0.05, 0.1) is 13.7 Å². The monoisotopic (exact) mass is 353 g/mol. The van der Waals surface area contributed by atoms with E-state index in [0.717, 1.165) is 27.2 Å². The zero-order valence-corrected chi connectivity index (χ0v) is 14.6. The van der Waals surface area contributed by atoms with Crippen LogP contribution >= 0.6 is 0 Å². The molecule has 1 aliphatic rings. The highest BCUT2D eigenvalue weighted by atomic mass is 16.7. The minimum Gasteiger partial charge on any atom is -0.351 e. The van der Waals surface area contributed by atoms with Crippen molar-refractivity contribution in [2.45, 2.75) is 13.0 Å². The Balaban J connectivity index is 1.60. The molecule has 4 rings (SSSR count). The zero-order chi connectivity index (χ0) is 18.3. The lowest BCUT2D eigenvalue weighted by Gasteiger charge is -2.27. The Morgan fingerprint density at radius 3 is 2.88 bits per heavy atom. The van der Waals surface area contributed by atoms with Crippen LogP contribution in [0.4, 0.5) is 0 Å². The zero-order valence-electron chi connectivity index (χ0n) is 14.6. The second kappa shape index (κ2) is 6.30. The predicted octanol–water partition coefficient (Wildman–Crippen LogP) is 1.72. The summed E-state index contributed by atoms with van der Waals surface area (Å²) in [5.74, 6) is -0.434. The summed E-state index contributed by atoms with van der Waals surface area (Å²) in [4.78, 5) is 35.1. The fourth-order valence-corrected chi connectivity index (χ4v) is 3.24. The molecule has 3 heterocycles. The van der Waals surface area contributed by atoms with Crippen molar-refractivity contribution in [3.63, 3.8) is 0 Å². The van der Waals surface area contributed by atoms with Crippen LogP contribution in [-0.4, -0.2) is 57.7 Å². The van der Waals surface area contributed by atoms with Gasteiger partial charge in [0, 0.05) is 42.2 Å². The number of carbonyl (C=O) groups excluding carboxylic acids is 2. The number of fused-ring (bicyclic) bond motifs is 2. The van der Waals surface area contributed by atoms with Gasteiger partial charge in [0.2, 0.25) is 0 Å². The molecule has 2 N–H and O–H groups in total. The Morgan fingerprint density at radius 1 is 1.31 bits per heavy atom. The van der Waals surface area contributed by atoms with Crippen LogP contribution < -0.4 is 0 Å². The van der Waals surface area contributed by atoms with Crippen molar-refractivity contribution in [1.82, 2.24) is 25.1 Å². The molecule has 134 valence electrons. The smallest absolute Gasteiger partial charge is 0.297 e. The maximum absolute atomic E-state index is 12.9. The number of amides is 2. The van der Waals surface area contributed by atoms with Crippen molar-refractivity contribution in [2.75, 3.05) is 20.7 Å². The first-order chi connectivity index (χ1) is 12.6. The molecule has 2 amide bonds. The molecular formula is C18H19N5O3. The number of nitrogens with zero attached hydrogens (tertiary/aromatic N) is 3. The molecule has 8 nitrogen and oxygen atoms in total. The number of para-hydroxylation sites is 1. The van der Waals surface area contributed by atoms with Gasteiger partial charge in [0.1, 0.15) is 5.69 Å². The highest BCUT2D eigenvalue weighted by molar-refractivity contribution is 5.98. The average Bonchev–Trinajstić information content (AvgIpc) is 3.29. The molecule has 1 aliphatic heterocycles. The number of carbonyl (C=O) groups is 2. The molecule has 1 aromatic carbocycles. The van der Waals surface area contributed by atoms with Gasteiger partial charge in [-0.3, -0.25) is 19.5 Å². The van der Waals surface area contributed by atoms with Gasteiger partial charge in [-0.2, -0.15) is 5.10 Å². The summed E-state index contributed by atoms with van der Waals surface area (Å²) in [6.07, 6.45) is 0.623. The quantitative estimate of drug-likeness (QED) is 0.701. The van der Waals surface area contributed by atoms with Crippen LogP contribution in [0.2, 0.25) is 0 Å². The average molecular weight is 353 g/mol. The number of hydroxylamine groups is 2. The van der Waals surface area contributed by atoms with E-state index in [1.807, 2.05) is 30.3 Å². The van der Waals surface area contributed by atoms with Gasteiger partial charge in [-0.15, -0.1) is 0 Å². The maximum Gasteiger partial charge on any atom is 0.297 e. The standard InChI is InChI=1S/C18H19N5O3/c1-22(26-2)18(25)16-12-10-23(8-7-14(12)20-21-16)17(24)15-9-11-5-3-4-6-13(11)19-15/h3-6,9,19H,7-8,10H2,1-2H3,(H,20,21). The first kappa shape index (κ1) is 16.3. The van der Waals surface area contributed by atoms with E-state index in [1.165, 1.54) is 14.2 Å². The van der Waals surface area contributed by atoms with Crippen LogP contribution in [0.25, 0.3) is 10.9 Å². The molecule has 0 radical (unpaired) electrons. The lowest BCUT2D eigenvalue weighted by Crippen LogP contribution is -2.37. The van der Waals surface area contributed by atoms with Crippen LogP contribution in [0.3, 0.4) is 0 Å². The van der Waals surface area contributed by atoms with Crippen molar-refractivity contribution in [3.05, 3.63) is 53.0 Å². The minimum absolute atomic E-state index is 0.0912. The molecule has 0 atom stereocenters. The van der Waals surface area contributed by atoms with Crippen LogP contribution in [0, 0.1) is 0 Å². The highest BCUT2D eigenvalue weighted by Gasteiger charge is 2.30. The Bertz CT molecular complexity index is 957. The van der Waals surface area contributed by atoms with Gasteiger partial charge in [-0.1, -0.05) is 18.2 Å². The Kier molecular flexibility index (Phi) is 3.96. The Hall–Kier alpha value is -3.13. The second-order valence-corrected chi connectivity index (χ2v) is 6.26. The summed E-state index contributed by atoms with van der Waals surface area (Å²) in [5.41, 5.74) is 3.39. The first-order valence-electron chi connectivity index (χ1n) is 8.33. The molecule has 0 fully saturated rings. The van der Waals surface area contributed by atoms with Crippen LogP contribution in [0.5, 0.6) is 0 Å². The first-order valence-corrected chi connectivity index (χ1v) is 8.33. The van der Waals surface area contributed by atoms with E-state index in [2.05, 4.69) is 15.2 Å². The molecular weight excluding hydrogens is 334 g/mol. The highest BCUT2D eigenvalue weighted by Crippen LogP contribution is 2.24. The van der Waals surface area contributed by atoms with Gasteiger partial charge >= 0.3 is 0 Å².